The molecule has 2 aromatic carbocycles. The minimum atomic E-state index is -1.15. The molecule has 0 bridgehead atoms. The number of hydrogen-bond acceptors (Lipinski definition) is 5. The van der Waals surface area contributed by atoms with E-state index in [9.17, 15) is 14.3 Å². The fraction of sp³-hybridized carbons (Fsp3) is 0.458. The van der Waals surface area contributed by atoms with E-state index in [0.717, 1.165) is 31.5 Å². The summed E-state index contributed by atoms with van der Waals surface area (Å²) < 4.78 is 19.5. The molecule has 0 radical (unpaired) electrons. The van der Waals surface area contributed by atoms with E-state index in [4.69, 9.17) is 16.3 Å². The van der Waals surface area contributed by atoms with Crippen LogP contribution in [-0.2, 0) is 11.3 Å². The normalized spacial score (nSPS) is 16.6. The molecule has 2 aromatic rings. The molecule has 3 N–H and O–H groups in total. The second-order valence-corrected chi connectivity index (χ2v) is 9.00. The van der Waals surface area contributed by atoms with E-state index < -0.39 is 11.4 Å². The number of benzene rings is 2. The highest BCUT2D eigenvalue weighted by Gasteiger charge is 2.30. The number of anilines is 1. The molecule has 0 saturated carbocycles. The van der Waals surface area contributed by atoms with Gasteiger partial charge in [0.1, 0.15) is 23.8 Å². The number of ether oxygens (including phenoxy) is 1. The molecule has 1 unspecified atom stereocenters. The Hall–Kier alpha value is -2.19. The zero-order valence-electron chi connectivity index (χ0n) is 18.5. The minimum Gasteiger partial charge on any atom is -0.488 e. The van der Waals surface area contributed by atoms with Crippen LogP contribution in [0.5, 0.6) is 5.75 Å². The second-order valence-electron chi connectivity index (χ2n) is 8.60. The van der Waals surface area contributed by atoms with Gasteiger partial charge in [0, 0.05) is 26.1 Å². The van der Waals surface area contributed by atoms with Gasteiger partial charge < -0.3 is 20.5 Å². The molecule has 1 fully saturated rings. The lowest BCUT2D eigenvalue weighted by Gasteiger charge is -2.39. The topological polar surface area (TPSA) is 73.8 Å². The molecular formula is C24H31ClFN3O3. The van der Waals surface area contributed by atoms with Crippen molar-refractivity contribution in [1.82, 2.24) is 10.2 Å². The lowest BCUT2D eigenvalue weighted by Crippen LogP contribution is -2.51. The molecule has 1 atom stereocenters. The van der Waals surface area contributed by atoms with Crippen LogP contribution in [0.15, 0.2) is 42.5 Å². The maximum atomic E-state index is 13.6. The predicted octanol–water partition coefficient (Wildman–Crippen LogP) is 3.82. The van der Waals surface area contributed by atoms with Gasteiger partial charge in [-0.1, -0.05) is 29.8 Å². The average molecular weight is 464 g/mol. The van der Waals surface area contributed by atoms with Crippen molar-refractivity contribution in [1.29, 1.82) is 0 Å². The maximum Gasteiger partial charge on any atom is 0.221 e. The van der Waals surface area contributed by atoms with Gasteiger partial charge in [0.2, 0.25) is 5.91 Å². The maximum absolute atomic E-state index is 13.6. The highest BCUT2D eigenvalue weighted by Crippen LogP contribution is 2.26. The highest BCUT2D eigenvalue weighted by atomic mass is 35.5. The highest BCUT2D eigenvalue weighted by molar-refractivity contribution is 6.30. The summed E-state index contributed by atoms with van der Waals surface area (Å²) in [5, 5.41) is 17.4. The third-order valence-electron chi connectivity index (χ3n) is 5.47. The quantitative estimate of drug-likeness (QED) is 0.527. The van der Waals surface area contributed by atoms with Crippen molar-refractivity contribution in [3.63, 3.8) is 0 Å². The van der Waals surface area contributed by atoms with Crippen LogP contribution in [0.25, 0.3) is 0 Å². The number of amides is 1. The zero-order chi connectivity index (χ0) is 23.1. The van der Waals surface area contributed by atoms with E-state index in [-0.39, 0.29) is 23.6 Å². The third kappa shape index (κ3) is 7.17. The van der Waals surface area contributed by atoms with Crippen LogP contribution in [0, 0.1) is 5.82 Å². The Morgan fingerprint density at radius 2 is 2.03 bits per heavy atom. The summed E-state index contributed by atoms with van der Waals surface area (Å²) in [5.41, 5.74) is 0.299. The van der Waals surface area contributed by atoms with Crippen molar-refractivity contribution < 1.29 is 19.0 Å². The molecular weight excluding hydrogens is 433 g/mol. The average Bonchev–Trinajstić information content (AvgIpc) is 2.75. The number of para-hydroxylation sites is 2. The van der Waals surface area contributed by atoms with E-state index in [1.165, 1.54) is 13.0 Å². The molecule has 1 heterocycles. The van der Waals surface area contributed by atoms with Gasteiger partial charge in [-0.2, -0.15) is 0 Å². The van der Waals surface area contributed by atoms with E-state index in [1.54, 1.807) is 31.2 Å². The number of hydrogen-bond donors (Lipinski definition) is 3. The van der Waals surface area contributed by atoms with Gasteiger partial charge in [-0.25, -0.2) is 4.39 Å². The fourth-order valence-electron chi connectivity index (χ4n) is 3.96. The molecule has 0 aromatic heterocycles. The number of carbonyl (C=O) groups excluding carboxylic acids is 1. The minimum absolute atomic E-state index is 0.0508. The summed E-state index contributed by atoms with van der Waals surface area (Å²) in [6.07, 6.45) is 1.91. The standard InChI is InChI=1S/C24H31ClFN3O3/c1-17(30)28-22-5-3-4-6-23(22)32-16-24(2,31)15-29(19-9-11-27-12-10-19)14-18-7-8-21(26)20(25)13-18/h3-8,13,19,27,31H,9-12,14-16H2,1-2H3,(H,28,30). The molecule has 0 aliphatic carbocycles. The number of nitrogens with one attached hydrogen (secondary N) is 2. The summed E-state index contributed by atoms with van der Waals surface area (Å²) in [5.74, 6) is -0.133. The monoisotopic (exact) mass is 463 g/mol. The van der Waals surface area contributed by atoms with Crippen LogP contribution < -0.4 is 15.4 Å². The van der Waals surface area contributed by atoms with E-state index in [0.29, 0.717) is 24.5 Å². The Kier molecular flexibility index (Phi) is 8.48. The number of aliphatic hydroxyl groups is 1. The SMILES string of the molecule is CC(=O)Nc1ccccc1OCC(C)(O)CN(Cc1ccc(F)c(Cl)c1)C1CCNCC1. The molecule has 1 amide bonds. The van der Waals surface area contributed by atoms with Gasteiger partial charge in [0.25, 0.3) is 0 Å². The first-order valence-corrected chi connectivity index (χ1v) is 11.2. The van der Waals surface area contributed by atoms with Crippen molar-refractivity contribution in [3.8, 4) is 5.75 Å². The number of rotatable bonds is 9. The third-order valence-corrected chi connectivity index (χ3v) is 5.76. The Bertz CT molecular complexity index is 919. The smallest absolute Gasteiger partial charge is 0.221 e. The Morgan fingerprint density at radius 3 is 2.72 bits per heavy atom. The first-order chi connectivity index (χ1) is 15.2. The zero-order valence-corrected chi connectivity index (χ0v) is 19.3. The molecule has 32 heavy (non-hydrogen) atoms. The molecule has 1 aliphatic rings. The predicted molar refractivity (Wildman–Crippen MR) is 125 cm³/mol. The van der Waals surface area contributed by atoms with Gasteiger partial charge in [0.05, 0.1) is 10.7 Å². The van der Waals surface area contributed by atoms with Crippen LogP contribution >= 0.6 is 11.6 Å². The van der Waals surface area contributed by atoms with Crippen LogP contribution in [0.4, 0.5) is 10.1 Å². The van der Waals surface area contributed by atoms with E-state index in [1.807, 2.05) is 12.1 Å². The van der Waals surface area contributed by atoms with Gasteiger partial charge >= 0.3 is 0 Å². The molecule has 3 rings (SSSR count). The lowest BCUT2D eigenvalue weighted by molar-refractivity contribution is -0.114. The molecule has 8 heteroatoms. The summed E-state index contributed by atoms with van der Waals surface area (Å²) >= 11 is 5.98. The van der Waals surface area contributed by atoms with Crippen molar-refractivity contribution in [2.75, 3.05) is 31.6 Å². The van der Waals surface area contributed by atoms with Crippen LogP contribution in [0.2, 0.25) is 5.02 Å². The largest absolute Gasteiger partial charge is 0.488 e. The molecule has 1 saturated heterocycles. The number of halogens is 2. The van der Waals surface area contributed by atoms with Gasteiger partial charge in [0.15, 0.2) is 0 Å². The number of piperidine rings is 1. The summed E-state index contributed by atoms with van der Waals surface area (Å²) in [4.78, 5) is 13.7. The molecule has 6 nitrogen and oxygen atoms in total. The second kappa shape index (κ2) is 11.1. The first-order valence-electron chi connectivity index (χ1n) is 10.8. The molecule has 174 valence electrons. The van der Waals surface area contributed by atoms with E-state index >= 15 is 0 Å². The van der Waals surface area contributed by atoms with Gasteiger partial charge in [-0.15, -0.1) is 0 Å². The fourth-order valence-corrected chi connectivity index (χ4v) is 4.16. The molecule has 0 spiro atoms. The van der Waals surface area contributed by atoms with Crippen LogP contribution in [-0.4, -0.2) is 53.8 Å². The van der Waals surface area contributed by atoms with E-state index in [2.05, 4.69) is 15.5 Å². The summed E-state index contributed by atoms with van der Waals surface area (Å²) in [6.45, 7) is 5.96. The summed E-state index contributed by atoms with van der Waals surface area (Å²) in [6, 6.07) is 12.1. The molecule has 1 aliphatic heterocycles. The Morgan fingerprint density at radius 1 is 1.31 bits per heavy atom. The van der Waals surface area contributed by atoms with Crippen LogP contribution in [0.3, 0.4) is 0 Å². The number of carbonyl (C=O) groups is 1. The summed E-state index contributed by atoms with van der Waals surface area (Å²) in [7, 11) is 0. The number of nitrogens with zero attached hydrogens (tertiary/aromatic N) is 1. The Labute approximate surface area is 193 Å². The van der Waals surface area contributed by atoms with Crippen molar-refractivity contribution in [2.24, 2.45) is 0 Å². The Balaban J connectivity index is 1.71. The first kappa shape index (κ1) is 24.5. The van der Waals surface area contributed by atoms with Crippen molar-refractivity contribution in [3.05, 3.63) is 58.9 Å². The van der Waals surface area contributed by atoms with Gasteiger partial charge in [-0.05, 0) is 62.7 Å². The van der Waals surface area contributed by atoms with Crippen molar-refractivity contribution in [2.45, 2.75) is 44.9 Å². The van der Waals surface area contributed by atoms with Crippen LogP contribution in [0.1, 0.15) is 32.3 Å². The van der Waals surface area contributed by atoms with Crippen molar-refractivity contribution >= 4 is 23.2 Å². The van der Waals surface area contributed by atoms with Gasteiger partial charge in [-0.3, -0.25) is 9.69 Å². The lowest BCUT2D eigenvalue weighted by atomic mass is 10.00.